The van der Waals surface area contributed by atoms with E-state index in [-0.39, 0.29) is 23.4 Å². The number of ether oxygens (including phenoxy) is 2. The predicted octanol–water partition coefficient (Wildman–Crippen LogP) is 9.43. The summed E-state index contributed by atoms with van der Waals surface area (Å²) in [6, 6.07) is 4.29. The fraction of sp³-hybridized carbons (Fsp3) is 0.765. The molecule has 0 aliphatic heterocycles. The minimum atomic E-state index is -0.179. The molecule has 2 rings (SSSR count). The van der Waals surface area contributed by atoms with Gasteiger partial charge in [-0.1, -0.05) is 97.6 Å². The number of carbonyl (C=O) groups excluding carboxylic acids is 2. The average Bonchev–Trinajstić information content (AvgIpc) is 2.99. The maximum atomic E-state index is 12.4. The van der Waals surface area contributed by atoms with Crippen molar-refractivity contribution in [1.82, 2.24) is 0 Å². The van der Waals surface area contributed by atoms with Gasteiger partial charge in [0.25, 0.3) is 0 Å². The van der Waals surface area contributed by atoms with E-state index in [4.69, 9.17) is 9.47 Å². The van der Waals surface area contributed by atoms with Crippen LogP contribution in [0.4, 0.5) is 0 Å². The maximum Gasteiger partial charge on any atom is 0.315 e. The number of aromatic hydroxyl groups is 1. The highest BCUT2D eigenvalue weighted by molar-refractivity contribution is 7.99. The number of benzene rings is 1. The largest absolute Gasteiger partial charge is 0.507 e. The second-order valence-electron chi connectivity index (χ2n) is 11.7. The van der Waals surface area contributed by atoms with Crippen LogP contribution in [0.5, 0.6) is 5.75 Å². The third-order valence-corrected chi connectivity index (χ3v) is 10.3. The second-order valence-corrected chi connectivity index (χ2v) is 13.7. The molecule has 2 unspecified atom stereocenters. The van der Waals surface area contributed by atoms with Crippen LogP contribution in [0, 0.1) is 11.8 Å². The molecular formula is C34H56O5S2. The molecule has 0 heterocycles. The van der Waals surface area contributed by atoms with E-state index in [1.54, 1.807) is 0 Å². The van der Waals surface area contributed by atoms with Crippen LogP contribution in [-0.2, 0) is 30.6 Å². The van der Waals surface area contributed by atoms with Gasteiger partial charge in [-0.3, -0.25) is 9.59 Å². The summed E-state index contributed by atoms with van der Waals surface area (Å²) in [6.45, 7) is 9.67. The second kappa shape index (κ2) is 21.4. The van der Waals surface area contributed by atoms with E-state index in [2.05, 4.69) is 39.8 Å². The number of carbonyl (C=O) groups is 2. The Morgan fingerprint density at radius 1 is 0.805 bits per heavy atom. The smallest absolute Gasteiger partial charge is 0.315 e. The number of phenols is 1. The van der Waals surface area contributed by atoms with Gasteiger partial charge < -0.3 is 14.6 Å². The van der Waals surface area contributed by atoms with Crippen LogP contribution in [0.2, 0.25) is 0 Å². The zero-order chi connectivity index (χ0) is 29.9. The highest BCUT2D eigenvalue weighted by Gasteiger charge is 2.20. The number of hydrogen-bond donors (Lipinski definition) is 1. The topological polar surface area (TPSA) is 72.8 Å². The van der Waals surface area contributed by atoms with E-state index in [9.17, 15) is 14.7 Å². The molecule has 0 aromatic heterocycles. The third-order valence-electron chi connectivity index (χ3n) is 8.37. The molecule has 0 saturated heterocycles. The molecule has 234 valence electrons. The van der Waals surface area contributed by atoms with Gasteiger partial charge >= 0.3 is 11.9 Å². The predicted molar refractivity (Wildman–Crippen MR) is 175 cm³/mol. The first-order valence-electron chi connectivity index (χ1n) is 16.2. The van der Waals surface area contributed by atoms with Crippen LogP contribution in [0.3, 0.4) is 0 Å². The lowest BCUT2D eigenvalue weighted by atomic mass is 9.83. The molecule has 1 aromatic rings. The Bertz CT molecular complexity index is 825. The fourth-order valence-corrected chi connectivity index (χ4v) is 7.05. The van der Waals surface area contributed by atoms with Gasteiger partial charge in [-0.2, -0.15) is 0 Å². The number of thioether (sulfide) groups is 2. The number of phenolic OH excluding ortho intramolecular Hbond substituents is 1. The van der Waals surface area contributed by atoms with E-state index in [1.165, 1.54) is 74.0 Å². The fourth-order valence-electron chi connectivity index (χ4n) is 5.47. The van der Waals surface area contributed by atoms with E-state index in [0.29, 0.717) is 48.2 Å². The van der Waals surface area contributed by atoms with Crippen LogP contribution in [0.25, 0.3) is 0 Å². The van der Waals surface area contributed by atoms with Gasteiger partial charge in [0.05, 0.1) is 24.7 Å². The molecule has 1 aliphatic carbocycles. The minimum Gasteiger partial charge on any atom is -0.507 e. The van der Waals surface area contributed by atoms with Crippen molar-refractivity contribution in [1.29, 1.82) is 0 Å². The molecule has 1 fully saturated rings. The third kappa shape index (κ3) is 14.1. The Kier molecular flexibility index (Phi) is 18.7. The lowest BCUT2D eigenvalue weighted by Gasteiger charge is -2.24. The van der Waals surface area contributed by atoms with Crippen molar-refractivity contribution >= 4 is 35.5 Å². The maximum absolute atomic E-state index is 12.4. The van der Waals surface area contributed by atoms with Gasteiger partial charge in [-0.05, 0) is 49.0 Å². The van der Waals surface area contributed by atoms with Gasteiger partial charge in [0, 0.05) is 22.6 Å². The molecule has 0 amide bonds. The SMILES string of the molecule is CCCCC(CC)COC(=O)CSCc1cc(C2CCCCC2)cc(CSCC(=O)OCC(CC)CCCC)c1O. The summed E-state index contributed by atoms with van der Waals surface area (Å²) in [7, 11) is 0. The molecule has 2 atom stereocenters. The standard InChI is InChI=1S/C34H56O5S2/c1-5-9-14-26(7-3)20-38-32(35)24-40-22-30-18-29(28-16-12-11-13-17-28)19-31(34(30)37)23-41-25-33(36)39-21-27(8-4)15-10-6-2/h18-19,26-28,37H,5-17,20-25H2,1-4H3. The summed E-state index contributed by atoms with van der Waals surface area (Å²) >= 11 is 3.00. The van der Waals surface area contributed by atoms with Crippen LogP contribution < -0.4 is 0 Å². The molecule has 7 heteroatoms. The summed E-state index contributed by atoms with van der Waals surface area (Å²) in [5, 5.41) is 11.2. The average molecular weight is 609 g/mol. The monoisotopic (exact) mass is 608 g/mol. The van der Waals surface area contributed by atoms with Gasteiger partial charge in [0.1, 0.15) is 5.75 Å². The minimum absolute atomic E-state index is 0.179. The number of rotatable bonds is 21. The molecule has 0 spiro atoms. The van der Waals surface area contributed by atoms with Crippen molar-refractivity contribution in [3.05, 3.63) is 28.8 Å². The summed E-state index contributed by atoms with van der Waals surface area (Å²) in [6.07, 6.45) is 15.0. The van der Waals surface area contributed by atoms with Crippen LogP contribution in [-0.4, -0.2) is 41.8 Å². The van der Waals surface area contributed by atoms with Gasteiger partial charge in [-0.15, -0.1) is 23.5 Å². The number of esters is 2. The van der Waals surface area contributed by atoms with Gasteiger partial charge in [0.2, 0.25) is 0 Å². The molecule has 5 nitrogen and oxygen atoms in total. The normalized spacial score (nSPS) is 15.4. The van der Waals surface area contributed by atoms with Crippen molar-refractivity contribution in [3.63, 3.8) is 0 Å². The van der Waals surface area contributed by atoms with Crippen molar-refractivity contribution in [2.75, 3.05) is 24.7 Å². The Morgan fingerprint density at radius 2 is 1.27 bits per heavy atom. The number of unbranched alkanes of at least 4 members (excludes halogenated alkanes) is 2. The Hall–Kier alpha value is -1.34. The van der Waals surface area contributed by atoms with Crippen LogP contribution in [0.15, 0.2) is 12.1 Å². The molecule has 0 bridgehead atoms. The zero-order valence-corrected chi connectivity index (χ0v) is 27.9. The van der Waals surface area contributed by atoms with Crippen molar-refractivity contribution in [2.45, 2.75) is 129 Å². The first-order chi connectivity index (χ1) is 19.9. The highest BCUT2D eigenvalue weighted by atomic mass is 32.2. The van der Waals surface area contributed by atoms with Crippen molar-refractivity contribution < 1.29 is 24.2 Å². The van der Waals surface area contributed by atoms with E-state index < -0.39 is 0 Å². The highest BCUT2D eigenvalue weighted by Crippen LogP contribution is 2.38. The first-order valence-corrected chi connectivity index (χ1v) is 18.5. The quantitative estimate of drug-likeness (QED) is 0.139. The van der Waals surface area contributed by atoms with Crippen molar-refractivity contribution in [3.8, 4) is 5.75 Å². The molecular weight excluding hydrogens is 553 g/mol. The van der Waals surface area contributed by atoms with Gasteiger partial charge in [-0.25, -0.2) is 0 Å². The number of hydrogen-bond acceptors (Lipinski definition) is 7. The van der Waals surface area contributed by atoms with Crippen LogP contribution >= 0.6 is 23.5 Å². The van der Waals surface area contributed by atoms with Crippen LogP contribution in [0.1, 0.15) is 134 Å². The molecule has 41 heavy (non-hydrogen) atoms. The summed E-state index contributed by atoms with van der Waals surface area (Å²) in [5.41, 5.74) is 3.03. The zero-order valence-electron chi connectivity index (χ0n) is 26.2. The molecule has 1 aromatic carbocycles. The first kappa shape index (κ1) is 35.9. The van der Waals surface area contributed by atoms with Gasteiger partial charge in [0.15, 0.2) is 0 Å². The van der Waals surface area contributed by atoms with E-state index in [1.807, 2.05) is 0 Å². The lowest BCUT2D eigenvalue weighted by molar-refractivity contribution is -0.142. The van der Waals surface area contributed by atoms with E-state index in [0.717, 1.165) is 49.7 Å². The summed E-state index contributed by atoms with van der Waals surface area (Å²) in [4.78, 5) is 24.8. The molecule has 1 N–H and O–H groups in total. The molecule has 1 saturated carbocycles. The molecule has 1 aliphatic rings. The summed E-state index contributed by atoms with van der Waals surface area (Å²) in [5.74, 6) is 3.00. The molecule has 0 radical (unpaired) electrons. The van der Waals surface area contributed by atoms with E-state index >= 15 is 0 Å². The van der Waals surface area contributed by atoms with Crippen molar-refractivity contribution in [2.24, 2.45) is 11.8 Å². The Balaban J connectivity index is 1.94. The Labute approximate surface area is 258 Å². The lowest BCUT2D eigenvalue weighted by Crippen LogP contribution is -2.15. The summed E-state index contributed by atoms with van der Waals surface area (Å²) < 4.78 is 11.1. The Morgan fingerprint density at radius 3 is 1.68 bits per heavy atom.